The number of carbonyl (C=O) groups excluding carboxylic acids is 1. The van der Waals surface area contributed by atoms with E-state index in [1.165, 1.54) is 24.1 Å². The molecule has 2 fully saturated rings. The number of amides is 1. The Kier molecular flexibility index (Phi) is 5.73. The lowest BCUT2D eigenvalue weighted by Gasteiger charge is -2.18. The van der Waals surface area contributed by atoms with Crippen molar-refractivity contribution in [1.29, 1.82) is 0 Å². The lowest BCUT2D eigenvalue weighted by Crippen LogP contribution is -2.31. The predicted octanol–water partition coefficient (Wildman–Crippen LogP) is 3.54. The van der Waals surface area contributed by atoms with Crippen molar-refractivity contribution in [1.82, 2.24) is 10.2 Å². The van der Waals surface area contributed by atoms with Crippen LogP contribution in [0.3, 0.4) is 0 Å². The minimum atomic E-state index is 0.0533. The van der Waals surface area contributed by atoms with Crippen LogP contribution >= 0.6 is 0 Å². The van der Waals surface area contributed by atoms with Crippen molar-refractivity contribution in [3.8, 4) is 0 Å². The summed E-state index contributed by atoms with van der Waals surface area (Å²) in [4.78, 5) is 17.5. The first-order valence-electron chi connectivity index (χ1n) is 10.2. The first kappa shape index (κ1) is 18.1. The van der Waals surface area contributed by atoms with E-state index in [0.29, 0.717) is 5.92 Å². The molecule has 0 spiro atoms. The second-order valence-electron chi connectivity index (χ2n) is 7.83. The van der Waals surface area contributed by atoms with Gasteiger partial charge in [0.05, 0.1) is 0 Å². The number of nitrogens with one attached hydrogen (secondary N) is 1. The molecule has 2 aromatic rings. The van der Waals surface area contributed by atoms with Crippen LogP contribution in [-0.2, 0) is 6.54 Å². The maximum atomic E-state index is 12.6. The fourth-order valence-electron chi connectivity index (χ4n) is 4.22. The number of hydrogen-bond acceptors (Lipinski definition) is 3. The Balaban J connectivity index is 1.26. The van der Waals surface area contributed by atoms with Crippen LogP contribution in [0.15, 0.2) is 54.6 Å². The second kappa shape index (κ2) is 8.57. The van der Waals surface area contributed by atoms with E-state index in [2.05, 4.69) is 51.5 Å². The number of anilines is 1. The van der Waals surface area contributed by atoms with Crippen LogP contribution < -0.4 is 10.2 Å². The first-order valence-corrected chi connectivity index (χ1v) is 10.2. The Hall–Kier alpha value is -2.33. The molecule has 0 saturated carbocycles. The number of hydrogen-bond donors (Lipinski definition) is 1. The first-order chi connectivity index (χ1) is 13.3. The largest absolute Gasteiger partial charge is 0.372 e. The Labute approximate surface area is 162 Å². The zero-order chi connectivity index (χ0) is 18.5. The molecule has 27 heavy (non-hydrogen) atoms. The van der Waals surface area contributed by atoms with E-state index in [4.69, 9.17) is 0 Å². The van der Waals surface area contributed by atoms with Crippen LogP contribution in [0.1, 0.15) is 35.2 Å². The highest BCUT2D eigenvalue weighted by Gasteiger charge is 2.23. The third-order valence-electron chi connectivity index (χ3n) is 5.75. The summed E-state index contributed by atoms with van der Waals surface area (Å²) < 4.78 is 0. The standard InChI is InChI=1S/C23H29N3O/c27-23(21-9-6-10-22(15-21)26-12-4-5-13-26)24-16-20-11-14-25(18-20)17-19-7-2-1-3-8-19/h1-3,6-10,15,20H,4-5,11-14,16-18H2,(H,24,27). The minimum Gasteiger partial charge on any atom is -0.372 e. The maximum absolute atomic E-state index is 12.6. The molecule has 2 saturated heterocycles. The van der Waals surface area contributed by atoms with Gasteiger partial charge in [-0.1, -0.05) is 36.4 Å². The highest BCUT2D eigenvalue weighted by molar-refractivity contribution is 5.95. The molecule has 0 aromatic heterocycles. The molecule has 1 atom stereocenters. The summed E-state index contributed by atoms with van der Waals surface area (Å²) in [6.45, 7) is 6.14. The topological polar surface area (TPSA) is 35.6 Å². The molecule has 1 amide bonds. The zero-order valence-corrected chi connectivity index (χ0v) is 15.9. The van der Waals surface area contributed by atoms with Crippen molar-refractivity contribution in [3.63, 3.8) is 0 Å². The average Bonchev–Trinajstić information content (AvgIpc) is 3.39. The van der Waals surface area contributed by atoms with Gasteiger partial charge in [-0.3, -0.25) is 9.69 Å². The summed E-state index contributed by atoms with van der Waals surface area (Å²) >= 11 is 0. The van der Waals surface area contributed by atoms with E-state index in [9.17, 15) is 4.79 Å². The lowest BCUT2D eigenvalue weighted by atomic mass is 10.1. The van der Waals surface area contributed by atoms with Crippen LogP contribution in [0.5, 0.6) is 0 Å². The average molecular weight is 364 g/mol. The minimum absolute atomic E-state index is 0.0533. The van der Waals surface area contributed by atoms with Gasteiger partial charge >= 0.3 is 0 Å². The number of likely N-dealkylation sites (tertiary alicyclic amines) is 1. The van der Waals surface area contributed by atoms with Crippen molar-refractivity contribution < 1.29 is 4.79 Å². The molecule has 142 valence electrons. The summed E-state index contributed by atoms with van der Waals surface area (Å²) in [6, 6.07) is 18.7. The summed E-state index contributed by atoms with van der Waals surface area (Å²) in [5.41, 5.74) is 3.31. The van der Waals surface area contributed by atoms with Crippen LogP contribution in [0.2, 0.25) is 0 Å². The molecule has 1 unspecified atom stereocenters. The van der Waals surface area contributed by atoms with E-state index in [1.807, 2.05) is 18.2 Å². The van der Waals surface area contributed by atoms with Crippen LogP contribution in [0.4, 0.5) is 5.69 Å². The molecule has 4 heteroatoms. The van der Waals surface area contributed by atoms with Gasteiger partial charge in [-0.15, -0.1) is 0 Å². The Morgan fingerprint density at radius 1 is 1.00 bits per heavy atom. The molecule has 4 nitrogen and oxygen atoms in total. The van der Waals surface area contributed by atoms with E-state index in [0.717, 1.165) is 51.3 Å². The van der Waals surface area contributed by atoms with Gasteiger partial charge < -0.3 is 10.2 Å². The number of rotatable bonds is 6. The third-order valence-corrected chi connectivity index (χ3v) is 5.75. The van der Waals surface area contributed by atoms with Gasteiger partial charge in [0.1, 0.15) is 0 Å². The Bertz CT molecular complexity index is 755. The van der Waals surface area contributed by atoms with Gasteiger partial charge in [-0.25, -0.2) is 0 Å². The molecule has 0 aliphatic carbocycles. The van der Waals surface area contributed by atoms with Gasteiger partial charge in [-0.2, -0.15) is 0 Å². The van der Waals surface area contributed by atoms with E-state index < -0.39 is 0 Å². The quantitative estimate of drug-likeness (QED) is 0.853. The molecular weight excluding hydrogens is 334 g/mol. The summed E-state index contributed by atoms with van der Waals surface area (Å²) in [5, 5.41) is 3.16. The van der Waals surface area contributed by atoms with Crippen LogP contribution in [0.25, 0.3) is 0 Å². The molecule has 0 bridgehead atoms. The van der Waals surface area contributed by atoms with E-state index in [-0.39, 0.29) is 5.91 Å². The molecule has 2 heterocycles. The van der Waals surface area contributed by atoms with Crippen molar-refractivity contribution >= 4 is 11.6 Å². The SMILES string of the molecule is O=C(NCC1CCN(Cc2ccccc2)C1)c1cccc(N2CCCC2)c1. The monoisotopic (exact) mass is 363 g/mol. The summed E-state index contributed by atoms with van der Waals surface area (Å²) in [5.74, 6) is 0.594. The molecule has 2 aliphatic heterocycles. The maximum Gasteiger partial charge on any atom is 0.251 e. The number of benzene rings is 2. The lowest BCUT2D eigenvalue weighted by molar-refractivity contribution is 0.0947. The highest BCUT2D eigenvalue weighted by Crippen LogP contribution is 2.22. The Morgan fingerprint density at radius 2 is 1.81 bits per heavy atom. The summed E-state index contributed by atoms with van der Waals surface area (Å²) in [7, 11) is 0. The van der Waals surface area contributed by atoms with Gasteiger partial charge in [0.15, 0.2) is 0 Å². The normalized spacial score (nSPS) is 20.1. The third kappa shape index (κ3) is 4.69. The Morgan fingerprint density at radius 3 is 2.63 bits per heavy atom. The molecule has 2 aromatic carbocycles. The van der Waals surface area contributed by atoms with E-state index in [1.54, 1.807) is 0 Å². The van der Waals surface area contributed by atoms with Crippen LogP contribution in [-0.4, -0.2) is 43.5 Å². The van der Waals surface area contributed by atoms with Gasteiger partial charge in [0.2, 0.25) is 0 Å². The van der Waals surface area contributed by atoms with E-state index >= 15 is 0 Å². The number of carbonyl (C=O) groups is 1. The van der Waals surface area contributed by atoms with Crippen molar-refractivity contribution in [2.75, 3.05) is 37.6 Å². The molecule has 2 aliphatic rings. The smallest absolute Gasteiger partial charge is 0.251 e. The highest BCUT2D eigenvalue weighted by atomic mass is 16.1. The second-order valence-corrected chi connectivity index (χ2v) is 7.83. The fraction of sp³-hybridized carbons (Fsp3) is 0.435. The zero-order valence-electron chi connectivity index (χ0n) is 15.9. The van der Waals surface area contributed by atoms with Crippen molar-refractivity contribution in [2.24, 2.45) is 5.92 Å². The molecule has 1 N–H and O–H groups in total. The fourth-order valence-corrected chi connectivity index (χ4v) is 4.22. The van der Waals surface area contributed by atoms with Crippen LogP contribution in [0, 0.1) is 5.92 Å². The van der Waals surface area contributed by atoms with Gasteiger partial charge in [0, 0.05) is 44.0 Å². The number of nitrogens with zero attached hydrogens (tertiary/aromatic N) is 2. The van der Waals surface area contributed by atoms with Crippen molar-refractivity contribution in [2.45, 2.75) is 25.8 Å². The van der Waals surface area contributed by atoms with Crippen molar-refractivity contribution in [3.05, 3.63) is 65.7 Å². The molecule has 0 radical (unpaired) electrons. The molecule has 4 rings (SSSR count). The van der Waals surface area contributed by atoms with Gasteiger partial charge in [0.25, 0.3) is 5.91 Å². The predicted molar refractivity (Wildman–Crippen MR) is 110 cm³/mol. The summed E-state index contributed by atoms with van der Waals surface area (Å²) in [6.07, 6.45) is 3.65. The molecular formula is C23H29N3O. The van der Waals surface area contributed by atoms with Gasteiger partial charge in [-0.05, 0) is 55.5 Å².